The largest absolute Gasteiger partial charge is 0.467 e. The third-order valence-corrected chi connectivity index (χ3v) is 6.53. The number of carbonyl (C=O) groups is 2. The van der Waals surface area contributed by atoms with Crippen molar-refractivity contribution in [2.75, 3.05) is 4.90 Å². The van der Waals surface area contributed by atoms with Gasteiger partial charge < -0.3 is 4.74 Å². The molecule has 2 aliphatic rings. The molecule has 5 nitrogen and oxygen atoms in total. The molecule has 0 radical (unpaired) electrons. The van der Waals surface area contributed by atoms with Crippen LogP contribution in [0.4, 0.5) is 10.5 Å². The van der Waals surface area contributed by atoms with Crippen molar-refractivity contribution < 1.29 is 14.3 Å². The Labute approximate surface area is 188 Å². The molecule has 3 aromatic carbocycles. The average molecular weight is 427 g/mol. The summed E-state index contributed by atoms with van der Waals surface area (Å²) in [4.78, 5) is 30.9. The lowest BCUT2D eigenvalue weighted by atomic mass is 9.88. The van der Waals surface area contributed by atoms with Crippen LogP contribution in [0.1, 0.15) is 53.4 Å². The molecule has 1 saturated heterocycles. The number of nitrogens with zero attached hydrogens (tertiary/aromatic N) is 2. The van der Waals surface area contributed by atoms with Gasteiger partial charge in [0.2, 0.25) is 0 Å². The summed E-state index contributed by atoms with van der Waals surface area (Å²) in [6, 6.07) is 22.2. The van der Waals surface area contributed by atoms with Crippen LogP contribution in [-0.4, -0.2) is 22.6 Å². The van der Waals surface area contributed by atoms with E-state index in [1.54, 1.807) is 11.0 Å². The maximum Gasteiger partial charge on any atom is 0.335 e. The van der Waals surface area contributed by atoms with E-state index >= 15 is 0 Å². The van der Waals surface area contributed by atoms with Crippen LogP contribution in [0.3, 0.4) is 0 Å². The highest BCUT2D eigenvalue weighted by Crippen LogP contribution is 2.49. The second kappa shape index (κ2) is 7.52. The van der Waals surface area contributed by atoms with E-state index in [1.165, 1.54) is 4.90 Å². The van der Waals surface area contributed by atoms with Gasteiger partial charge in [-0.15, -0.1) is 0 Å². The molecular formula is C27H26N2O3. The van der Waals surface area contributed by atoms with E-state index in [9.17, 15) is 9.59 Å². The number of urea groups is 1. The van der Waals surface area contributed by atoms with Gasteiger partial charge in [-0.05, 0) is 55.7 Å². The van der Waals surface area contributed by atoms with Gasteiger partial charge in [0.25, 0.3) is 5.91 Å². The predicted octanol–water partition coefficient (Wildman–Crippen LogP) is 5.88. The molecule has 5 rings (SSSR count). The molecule has 2 bridgehead atoms. The van der Waals surface area contributed by atoms with E-state index in [0.717, 1.165) is 28.8 Å². The van der Waals surface area contributed by atoms with E-state index in [-0.39, 0.29) is 11.9 Å². The minimum Gasteiger partial charge on any atom is -0.467 e. The molecule has 0 N–H and O–H groups in total. The molecule has 2 heterocycles. The molecule has 0 aliphatic carbocycles. The van der Waals surface area contributed by atoms with Gasteiger partial charge in [0, 0.05) is 23.2 Å². The van der Waals surface area contributed by atoms with Crippen molar-refractivity contribution in [3.05, 3.63) is 95.1 Å². The van der Waals surface area contributed by atoms with E-state index in [1.807, 2.05) is 80.6 Å². The first-order chi connectivity index (χ1) is 15.4. The summed E-state index contributed by atoms with van der Waals surface area (Å²) in [6.07, 6.45) is 1.34. The lowest BCUT2D eigenvalue weighted by molar-refractivity contribution is 0.00266. The molecular weight excluding hydrogens is 400 g/mol. The Balaban J connectivity index is 1.69. The molecule has 32 heavy (non-hydrogen) atoms. The maximum atomic E-state index is 14.0. The summed E-state index contributed by atoms with van der Waals surface area (Å²) in [5.41, 5.74) is 3.20. The average Bonchev–Trinajstić information content (AvgIpc) is 2.79. The lowest BCUT2D eigenvalue weighted by Crippen LogP contribution is -2.67. The van der Waals surface area contributed by atoms with Gasteiger partial charge in [0.15, 0.2) is 5.72 Å². The Hall–Kier alpha value is -3.60. The number of amides is 3. The molecule has 0 aromatic heterocycles. The van der Waals surface area contributed by atoms with Crippen LogP contribution in [0.25, 0.3) is 0 Å². The molecule has 3 aromatic rings. The Morgan fingerprint density at radius 3 is 2.59 bits per heavy atom. The molecule has 1 fully saturated rings. The van der Waals surface area contributed by atoms with Gasteiger partial charge in [0.1, 0.15) is 5.75 Å². The van der Waals surface area contributed by atoms with E-state index in [2.05, 4.69) is 6.92 Å². The summed E-state index contributed by atoms with van der Waals surface area (Å²) in [7, 11) is 0. The summed E-state index contributed by atoms with van der Waals surface area (Å²) < 4.78 is 6.43. The van der Waals surface area contributed by atoms with Crippen LogP contribution >= 0.6 is 0 Å². The number of fused-ring (bicyclic) bond motifs is 4. The number of imide groups is 1. The highest BCUT2D eigenvalue weighted by Gasteiger charge is 2.55. The van der Waals surface area contributed by atoms with Gasteiger partial charge in [-0.1, -0.05) is 55.5 Å². The van der Waals surface area contributed by atoms with Crippen LogP contribution in [0.5, 0.6) is 5.75 Å². The number of hydrogen-bond donors (Lipinski definition) is 0. The van der Waals surface area contributed by atoms with Gasteiger partial charge in [-0.25, -0.2) is 4.79 Å². The number of ether oxygens (including phenoxy) is 1. The molecule has 5 heteroatoms. The number of carbonyl (C=O) groups excluding carboxylic acids is 2. The van der Waals surface area contributed by atoms with Crippen molar-refractivity contribution in [2.45, 2.75) is 45.4 Å². The van der Waals surface area contributed by atoms with Crippen LogP contribution in [0.15, 0.2) is 72.8 Å². The second-order valence-electron chi connectivity index (χ2n) is 8.67. The van der Waals surface area contributed by atoms with Crippen molar-refractivity contribution in [1.29, 1.82) is 0 Å². The standard InChI is InChI=1S/C27H26N2O3/c1-4-19-11-9-12-20(16-19)29-26(31)28(25(30)21-13-6-5-10-18(21)2)23-17-27(29,3)32-24-15-8-7-14-22(23)24/h5-16,23H,4,17H2,1-3H3. The molecule has 2 aliphatic heterocycles. The van der Waals surface area contributed by atoms with Crippen molar-refractivity contribution >= 4 is 17.6 Å². The quantitative estimate of drug-likeness (QED) is 0.525. The molecule has 162 valence electrons. The van der Waals surface area contributed by atoms with Gasteiger partial charge in [-0.3, -0.25) is 14.6 Å². The third kappa shape index (κ3) is 3.08. The summed E-state index contributed by atoms with van der Waals surface area (Å²) in [6.45, 7) is 5.91. The highest BCUT2D eigenvalue weighted by molar-refractivity contribution is 6.11. The molecule has 3 amide bonds. The van der Waals surface area contributed by atoms with Crippen LogP contribution in [-0.2, 0) is 6.42 Å². The normalized spacial score (nSPS) is 21.7. The van der Waals surface area contributed by atoms with Gasteiger partial charge >= 0.3 is 6.03 Å². The molecule has 0 spiro atoms. The molecule has 2 unspecified atom stereocenters. The van der Waals surface area contributed by atoms with Gasteiger partial charge in [-0.2, -0.15) is 0 Å². The summed E-state index contributed by atoms with van der Waals surface area (Å²) in [5, 5.41) is 0. The minimum absolute atomic E-state index is 0.284. The number of benzene rings is 3. The zero-order chi connectivity index (χ0) is 22.5. The maximum absolute atomic E-state index is 14.0. The van der Waals surface area contributed by atoms with Crippen LogP contribution < -0.4 is 9.64 Å². The first-order valence-corrected chi connectivity index (χ1v) is 11.0. The van der Waals surface area contributed by atoms with Crippen molar-refractivity contribution in [3.63, 3.8) is 0 Å². The fourth-order valence-corrected chi connectivity index (χ4v) is 4.88. The van der Waals surface area contributed by atoms with E-state index < -0.39 is 11.8 Å². The van der Waals surface area contributed by atoms with Crippen molar-refractivity contribution in [3.8, 4) is 5.75 Å². The second-order valence-corrected chi connectivity index (χ2v) is 8.67. The van der Waals surface area contributed by atoms with Crippen LogP contribution in [0.2, 0.25) is 0 Å². The van der Waals surface area contributed by atoms with Crippen molar-refractivity contribution in [2.24, 2.45) is 0 Å². The predicted molar refractivity (Wildman–Crippen MR) is 124 cm³/mol. The molecule has 0 saturated carbocycles. The minimum atomic E-state index is -0.898. The first-order valence-electron chi connectivity index (χ1n) is 11.0. The Bertz CT molecular complexity index is 1220. The Morgan fingerprint density at radius 2 is 1.81 bits per heavy atom. The highest BCUT2D eigenvalue weighted by atomic mass is 16.5. The fraction of sp³-hybridized carbons (Fsp3) is 0.259. The molecule has 2 atom stereocenters. The van der Waals surface area contributed by atoms with Crippen LogP contribution in [0, 0.1) is 6.92 Å². The summed E-state index contributed by atoms with van der Waals surface area (Å²) >= 11 is 0. The number of aryl methyl sites for hydroxylation is 2. The monoisotopic (exact) mass is 426 g/mol. The number of rotatable bonds is 3. The number of anilines is 1. The van der Waals surface area contributed by atoms with Crippen molar-refractivity contribution in [1.82, 2.24) is 4.90 Å². The zero-order valence-electron chi connectivity index (χ0n) is 18.5. The fourth-order valence-electron chi connectivity index (χ4n) is 4.88. The zero-order valence-corrected chi connectivity index (χ0v) is 18.5. The Morgan fingerprint density at radius 1 is 1.06 bits per heavy atom. The SMILES string of the molecule is CCc1cccc(N2C(=O)N(C(=O)c3ccccc3C)C3CC2(C)Oc2ccccc23)c1. The van der Waals surface area contributed by atoms with E-state index in [4.69, 9.17) is 4.74 Å². The third-order valence-electron chi connectivity index (χ3n) is 6.53. The number of hydrogen-bond acceptors (Lipinski definition) is 3. The first kappa shape index (κ1) is 20.3. The topological polar surface area (TPSA) is 49.9 Å². The van der Waals surface area contributed by atoms with Gasteiger partial charge in [0.05, 0.1) is 6.04 Å². The lowest BCUT2D eigenvalue weighted by Gasteiger charge is -2.53. The summed E-state index contributed by atoms with van der Waals surface area (Å²) in [5.74, 6) is 0.423. The number of para-hydroxylation sites is 1. The van der Waals surface area contributed by atoms with E-state index in [0.29, 0.717) is 17.7 Å². The Kier molecular flexibility index (Phi) is 4.77. The smallest absolute Gasteiger partial charge is 0.335 e.